The Balaban J connectivity index is 1.37. The summed E-state index contributed by atoms with van der Waals surface area (Å²) in [5.74, 6) is 0.909. The first-order valence-electron chi connectivity index (χ1n) is 9.59. The van der Waals surface area contributed by atoms with E-state index in [0.29, 0.717) is 12.6 Å². The fourth-order valence-electron chi connectivity index (χ4n) is 3.64. The molecule has 1 aliphatic carbocycles. The highest BCUT2D eigenvalue weighted by Crippen LogP contribution is 2.40. The molecule has 1 atom stereocenters. The molecule has 0 radical (unpaired) electrons. The van der Waals surface area contributed by atoms with E-state index in [2.05, 4.69) is 10.3 Å². The van der Waals surface area contributed by atoms with Gasteiger partial charge >= 0.3 is 0 Å². The van der Waals surface area contributed by atoms with Gasteiger partial charge in [-0.2, -0.15) is 0 Å². The number of hydrogen-bond donors (Lipinski definition) is 1. The van der Waals surface area contributed by atoms with Gasteiger partial charge in [0, 0.05) is 29.7 Å². The standard InChI is InChI=1S/C23H21N3O2/c27-23-20-5-1-2-6-21(20)25-22(26(23)18-9-10-18)17-7-11-19(12-8-17)28-15-16-4-3-13-24-14-16/h1-8,11-14,18,22,25H,9-10,15H2. The number of benzene rings is 2. The van der Waals surface area contributed by atoms with Gasteiger partial charge in [-0.25, -0.2) is 0 Å². The molecule has 1 fully saturated rings. The van der Waals surface area contributed by atoms with Crippen molar-refractivity contribution < 1.29 is 9.53 Å². The summed E-state index contributed by atoms with van der Waals surface area (Å²) in [5, 5.41) is 3.55. The number of carbonyl (C=O) groups is 1. The van der Waals surface area contributed by atoms with Crippen molar-refractivity contribution in [1.29, 1.82) is 0 Å². The minimum Gasteiger partial charge on any atom is -0.489 e. The van der Waals surface area contributed by atoms with Gasteiger partial charge in [0.25, 0.3) is 5.91 Å². The second-order valence-corrected chi connectivity index (χ2v) is 7.26. The summed E-state index contributed by atoms with van der Waals surface area (Å²) >= 11 is 0. The van der Waals surface area contributed by atoms with Crippen molar-refractivity contribution in [2.45, 2.75) is 31.7 Å². The smallest absolute Gasteiger partial charge is 0.258 e. The maximum atomic E-state index is 13.1. The van der Waals surface area contributed by atoms with Crippen LogP contribution in [-0.2, 0) is 6.61 Å². The van der Waals surface area contributed by atoms with Crippen molar-refractivity contribution in [3.05, 3.63) is 89.7 Å². The van der Waals surface area contributed by atoms with Crippen LogP contribution in [-0.4, -0.2) is 21.8 Å². The lowest BCUT2D eigenvalue weighted by Crippen LogP contribution is -2.44. The van der Waals surface area contributed by atoms with Gasteiger partial charge in [-0.15, -0.1) is 0 Å². The zero-order valence-electron chi connectivity index (χ0n) is 15.4. The summed E-state index contributed by atoms with van der Waals surface area (Å²) in [5.41, 5.74) is 3.74. The topological polar surface area (TPSA) is 54.5 Å². The third-order valence-corrected chi connectivity index (χ3v) is 5.23. The van der Waals surface area contributed by atoms with Crippen LogP contribution < -0.4 is 10.1 Å². The Morgan fingerprint density at radius 1 is 1.04 bits per heavy atom. The van der Waals surface area contributed by atoms with Gasteiger partial charge in [-0.3, -0.25) is 9.78 Å². The second kappa shape index (κ2) is 7.00. The molecule has 1 aliphatic heterocycles. The van der Waals surface area contributed by atoms with Crippen molar-refractivity contribution in [1.82, 2.24) is 9.88 Å². The number of nitrogens with one attached hydrogen (secondary N) is 1. The predicted octanol–water partition coefficient (Wildman–Crippen LogP) is 4.39. The van der Waals surface area contributed by atoms with E-state index in [4.69, 9.17) is 4.74 Å². The van der Waals surface area contributed by atoms with Gasteiger partial charge in [0.2, 0.25) is 0 Å². The summed E-state index contributed by atoms with van der Waals surface area (Å²) in [6, 6.07) is 19.9. The highest BCUT2D eigenvalue weighted by atomic mass is 16.5. The number of nitrogens with zero attached hydrogens (tertiary/aromatic N) is 2. The lowest BCUT2D eigenvalue weighted by atomic mass is 10.0. The van der Waals surface area contributed by atoms with E-state index in [1.165, 1.54) is 0 Å². The van der Waals surface area contributed by atoms with E-state index in [1.807, 2.05) is 65.6 Å². The van der Waals surface area contributed by atoms with Crippen LogP contribution in [0.4, 0.5) is 5.69 Å². The summed E-state index contributed by atoms with van der Waals surface area (Å²) in [4.78, 5) is 19.2. The molecule has 3 aromatic rings. The summed E-state index contributed by atoms with van der Waals surface area (Å²) in [6.45, 7) is 0.481. The van der Waals surface area contributed by atoms with Gasteiger partial charge in [-0.1, -0.05) is 30.3 Å². The first-order valence-corrected chi connectivity index (χ1v) is 9.59. The van der Waals surface area contributed by atoms with E-state index < -0.39 is 0 Å². The molecule has 2 aliphatic rings. The molecule has 5 nitrogen and oxygen atoms in total. The Morgan fingerprint density at radius 2 is 1.86 bits per heavy atom. The van der Waals surface area contributed by atoms with E-state index in [1.54, 1.807) is 12.4 Å². The number of fused-ring (bicyclic) bond motifs is 1. The van der Waals surface area contributed by atoms with Crippen molar-refractivity contribution in [3.63, 3.8) is 0 Å². The third-order valence-electron chi connectivity index (χ3n) is 5.23. The van der Waals surface area contributed by atoms with Crippen molar-refractivity contribution in [2.24, 2.45) is 0 Å². The predicted molar refractivity (Wildman–Crippen MR) is 107 cm³/mol. The van der Waals surface area contributed by atoms with Gasteiger partial charge in [0.05, 0.1) is 5.56 Å². The number of carbonyl (C=O) groups excluding carboxylic acids is 1. The zero-order chi connectivity index (χ0) is 18.9. The molecule has 140 valence electrons. The SMILES string of the molecule is O=C1c2ccccc2NC(c2ccc(OCc3cccnc3)cc2)N1C1CC1. The summed E-state index contributed by atoms with van der Waals surface area (Å²) in [6.07, 6.45) is 5.54. The van der Waals surface area contributed by atoms with Crippen LogP contribution in [0.5, 0.6) is 5.75 Å². The molecule has 2 aromatic carbocycles. The minimum atomic E-state index is -0.151. The van der Waals surface area contributed by atoms with E-state index in [9.17, 15) is 4.79 Å². The number of pyridine rings is 1. The van der Waals surface area contributed by atoms with Crippen molar-refractivity contribution in [2.75, 3.05) is 5.32 Å². The molecule has 1 unspecified atom stereocenters. The van der Waals surface area contributed by atoms with E-state index >= 15 is 0 Å². The van der Waals surface area contributed by atoms with Crippen LogP contribution in [0.1, 0.15) is 40.5 Å². The molecular weight excluding hydrogens is 350 g/mol. The number of anilines is 1. The lowest BCUT2D eigenvalue weighted by Gasteiger charge is -2.38. The fourth-order valence-corrected chi connectivity index (χ4v) is 3.64. The molecule has 1 amide bonds. The quantitative estimate of drug-likeness (QED) is 0.723. The van der Waals surface area contributed by atoms with Gasteiger partial charge in [0.1, 0.15) is 18.5 Å². The highest BCUT2D eigenvalue weighted by molar-refractivity contribution is 6.02. The Bertz CT molecular complexity index is 984. The molecule has 0 bridgehead atoms. The molecule has 5 heteroatoms. The van der Waals surface area contributed by atoms with E-state index in [-0.39, 0.29) is 12.1 Å². The van der Waals surface area contributed by atoms with Gasteiger partial charge in [-0.05, 0) is 48.7 Å². The van der Waals surface area contributed by atoms with Crippen LogP contribution in [0, 0.1) is 0 Å². The molecule has 2 heterocycles. The van der Waals surface area contributed by atoms with Crippen LogP contribution >= 0.6 is 0 Å². The fraction of sp³-hybridized carbons (Fsp3) is 0.217. The normalized spacial score (nSPS) is 18.4. The monoisotopic (exact) mass is 371 g/mol. The summed E-state index contributed by atoms with van der Waals surface area (Å²) in [7, 11) is 0. The average molecular weight is 371 g/mol. The number of hydrogen-bond acceptors (Lipinski definition) is 4. The molecule has 0 spiro atoms. The van der Waals surface area contributed by atoms with Gasteiger partial charge < -0.3 is 15.0 Å². The van der Waals surface area contributed by atoms with E-state index in [0.717, 1.165) is 41.0 Å². The molecule has 0 saturated heterocycles. The molecule has 1 saturated carbocycles. The van der Waals surface area contributed by atoms with Crippen LogP contribution in [0.25, 0.3) is 0 Å². The zero-order valence-corrected chi connectivity index (χ0v) is 15.4. The summed E-state index contributed by atoms with van der Waals surface area (Å²) < 4.78 is 5.86. The third kappa shape index (κ3) is 3.20. The van der Waals surface area contributed by atoms with Crippen LogP contribution in [0.2, 0.25) is 0 Å². The highest BCUT2D eigenvalue weighted by Gasteiger charge is 2.41. The number of ether oxygens (including phenoxy) is 1. The largest absolute Gasteiger partial charge is 0.489 e. The molecule has 1 aromatic heterocycles. The maximum absolute atomic E-state index is 13.1. The minimum absolute atomic E-state index is 0.110. The Labute approximate surface area is 164 Å². The molecule has 28 heavy (non-hydrogen) atoms. The van der Waals surface area contributed by atoms with Crippen LogP contribution in [0.15, 0.2) is 73.1 Å². The Morgan fingerprint density at radius 3 is 2.61 bits per heavy atom. The molecule has 1 N–H and O–H groups in total. The first-order chi connectivity index (χ1) is 13.8. The van der Waals surface area contributed by atoms with Gasteiger partial charge in [0.15, 0.2) is 0 Å². The van der Waals surface area contributed by atoms with Crippen molar-refractivity contribution >= 4 is 11.6 Å². The number of aromatic nitrogens is 1. The number of rotatable bonds is 5. The average Bonchev–Trinajstić information content (AvgIpc) is 3.58. The lowest BCUT2D eigenvalue weighted by molar-refractivity contribution is 0.0666. The van der Waals surface area contributed by atoms with Crippen LogP contribution in [0.3, 0.4) is 0 Å². The van der Waals surface area contributed by atoms with Crippen molar-refractivity contribution in [3.8, 4) is 5.75 Å². The number of amides is 1. The second-order valence-electron chi connectivity index (χ2n) is 7.26. The Kier molecular flexibility index (Phi) is 4.20. The first kappa shape index (κ1) is 16.8. The number of para-hydroxylation sites is 1. The Hall–Kier alpha value is -3.34. The maximum Gasteiger partial charge on any atom is 0.258 e. The molecule has 5 rings (SSSR count). The molecular formula is C23H21N3O2.